The molecule has 80 valence electrons. The molecule has 0 amide bonds. The van der Waals surface area contributed by atoms with E-state index in [4.69, 9.17) is 21.6 Å². The number of alkyl halides is 1. The third-order valence-corrected chi connectivity index (χ3v) is 2.94. The highest BCUT2D eigenvalue weighted by molar-refractivity contribution is 9.10. The van der Waals surface area contributed by atoms with Gasteiger partial charge < -0.3 is 4.74 Å². The van der Waals surface area contributed by atoms with E-state index in [1.807, 2.05) is 18.2 Å². The van der Waals surface area contributed by atoms with Gasteiger partial charge >= 0.3 is 0 Å². The molecule has 2 nitrogen and oxygen atoms in total. The van der Waals surface area contributed by atoms with Crippen molar-refractivity contribution in [2.45, 2.75) is 6.42 Å². The van der Waals surface area contributed by atoms with Crippen molar-refractivity contribution in [3.8, 4) is 11.8 Å². The normalized spacial score (nSPS) is 11.9. The molecule has 0 spiro atoms. The quantitative estimate of drug-likeness (QED) is 0.796. The van der Waals surface area contributed by atoms with Crippen molar-refractivity contribution in [1.82, 2.24) is 0 Å². The number of hydrogen-bond donors (Lipinski definition) is 0. The third kappa shape index (κ3) is 3.40. The zero-order chi connectivity index (χ0) is 11.3. The van der Waals surface area contributed by atoms with Crippen LogP contribution < -0.4 is 4.74 Å². The Morgan fingerprint density at radius 2 is 2.33 bits per heavy atom. The lowest BCUT2D eigenvalue weighted by atomic mass is 10.0. The molecule has 15 heavy (non-hydrogen) atoms. The van der Waals surface area contributed by atoms with Crippen molar-refractivity contribution in [2.75, 3.05) is 13.0 Å². The Hall–Kier alpha value is -0.720. The second-order valence-electron chi connectivity index (χ2n) is 3.14. The summed E-state index contributed by atoms with van der Waals surface area (Å²) in [5, 5.41) is 8.83. The van der Waals surface area contributed by atoms with E-state index in [-0.39, 0.29) is 5.92 Å². The van der Waals surface area contributed by atoms with Crippen LogP contribution in [-0.4, -0.2) is 13.0 Å². The molecule has 0 aliphatic rings. The van der Waals surface area contributed by atoms with E-state index in [9.17, 15) is 0 Å². The summed E-state index contributed by atoms with van der Waals surface area (Å²) in [6.45, 7) is 0. The molecule has 0 aromatic heterocycles. The van der Waals surface area contributed by atoms with Gasteiger partial charge in [-0.2, -0.15) is 5.26 Å². The molecule has 0 aliphatic heterocycles. The van der Waals surface area contributed by atoms with E-state index in [1.54, 1.807) is 7.11 Å². The van der Waals surface area contributed by atoms with Crippen molar-refractivity contribution in [2.24, 2.45) is 5.92 Å². The summed E-state index contributed by atoms with van der Waals surface area (Å²) in [5.41, 5.74) is 0.999. The summed E-state index contributed by atoms with van der Waals surface area (Å²) in [5.74, 6) is 0.963. The van der Waals surface area contributed by atoms with Gasteiger partial charge in [0, 0.05) is 10.4 Å². The van der Waals surface area contributed by atoms with E-state index < -0.39 is 0 Å². The van der Waals surface area contributed by atoms with Crippen molar-refractivity contribution in [1.29, 1.82) is 5.26 Å². The van der Waals surface area contributed by atoms with Gasteiger partial charge in [-0.05, 0) is 30.2 Å². The molecule has 1 rings (SSSR count). The maximum absolute atomic E-state index is 8.83. The molecule has 0 radical (unpaired) electrons. The Labute approximate surface area is 103 Å². The van der Waals surface area contributed by atoms with E-state index in [2.05, 4.69) is 22.0 Å². The average molecular weight is 289 g/mol. The smallest absolute Gasteiger partial charge is 0.122 e. The molecule has 1 unspecified atom stereocenters. The van der Waals surface area contributed by atoms with Crippen molar-refractivity contribution < 1.29 is 4.74 Å². The van der Waals surface area contributed by atoms with Crippen LogP contribution in [0.1, 0.15) is 5.56 Å². The highest BCUT2D eigenvalue weighted by Crippen LogP contribution is 2.25. The van der Waals surface area contributed by atoms with Crippen molar-refractivity contribution >= 4 is 27.5 Å². The van der Waals surface area contributed by atoms with Crippen LogP contribution in [0.4, 0.5) is 0 Å². The number of halogens is 2. The Morgan fingerprint density at radius 3 is 2.87 bits per heavy atom. The fourth-order valence-electron chi connectivity index (χ4n) is 1.31. The highest BCUT2D eigenvalue weighted by Gasteiger charge is 2.11. The Bertz CT molecular complexity index is 375. The Kier molecular flexibility index (Phi) is 4.93. The SMILES string of the molecule is COc1ccc(Br)cc1CC(C#N)CCl. The van der Waals surface area contributed by atoms with Gasteiger partial charge in [-0.3, -0.25) is 0 Å². The molecule has 0 saturated carbocycles. The predicted octanol–water partition coefficient (Wildman–Crippen LogP) is 3.38. The zero-order valence-electron chi connectivity index (χ0n) is 8.34. The Morgan fingerprint density at radius 1 is 1.60 bits per heavy atom. The third-order valence-electron chi connectivity index (χ3n) is 2.08. The maximum atomic E-state index is 8.83. The van der Waals surface area contributed by atoms with Crippen molar-refractivity contribution in [3.63, 3.8) is 0 Å². The second-order valence-corrected chi connectivity index (χ2v) is 4.36. The molecule has 0 saturated heterocycles. The minimum absolute atomic E-state index is 0.171. The molecule has 1 atom stereocenters. The topological polar surface area (TPSA) is 33.0 Å². The van der Waals surface area contributed by atoms with Crippen LogP contribution in [0.2, 0.25) is 0 Å². The predicted molar refractivity (Wildman–Crippen MR) is 64.2 cm³/mol. The van der Waals surface area contributed by atoms with E-state index in [1.165, 1.54) is 0 Å². The van der Waals surface area contributed by atoms with Crippen LogP contribution in [0.15, 0.2) is 22.7 Å². The molecule has 0 heterocycles. The van der Waals surface area contributed by atoms with E-state index >= 15 is 0 Å². The van der Waals surface area contributed by atoms with Crippen molar-refractivity contribution in [3.05, 3.63) is 28.2 Å². The number of nitrogens with zero attached hydrogens (tertiary/aromatic N) is 1. The number of rotatable bonds is 4. The lowest BCUT2D eigenvalue weighted by Gasteiger charge is -2.10. The van der Waals surface area contributed by atoms with Gasteiger partial charge in [-0.1, -0.05) is 15.9 Å². The van der Waals surface area contributed by atoms with Crippen LogP contribution in [0.3, 0.4) is 0 Å². The summed E-state index contributed by atoms with van der Waals surface area (Å²) in [6, 6.07) is 7.91. The van der Waals surface area contributed by atoms with Gasteiger partial charge in [0.1, 0.15) is 5.75 Å². The monoisotopic (exact) mass is 287 g/mol. The summed E-state index contributed by atoms with van der Waals surface area (Å²) < 4.78 is 6.19. The summed E-state index contributed by atoms with van der Waals surface area (Å²) >= 11 is 9.07. The first kappa shape index (κ1) is 12.4. The lowest BCUT2D eigenvalue weighted by molar-refractivity contribution is 0.408. The summed E-state index contributed by atoms with van der Waals surface area (Å²) in [4.78, 5) is 0. The molecule has 0 N–H and O–H groups in total. The summed E-state index contributed by atoms with van der Waals surface area (Å²) in [7, 11) is 1.62. The molecular weight excluding hydrogens is 277 g/mol. The first-order valence-corrected chi connectivity index (χ1v) is 5.82. The average Bonchev–Trinajstić information content (AvgIpc) is 2.26. The van der Waals surface area contributed by atoms with Gasteiger partial charge in [0.25, 0.3) is 0 Å². The molecule has 1 aromatic rings. The molecule has 0 bridgehead atoms. The van der Waals surface area contributed by atoms with Crippen LogP contribution in [0.25, 0.3) is 0 Å². The molecule has 4 heteroatoms. The molecule has 1 aromatic carbocycles. The van der Waals surface area contributed by atoms with Crippen LogP contribution in [-0.2, 0) is 6.42 Å². The van der Waals surface area contributed by atoms with Gasteiger partial charge in [0.05, 0.1) is 19.1 Å². The minimum Gasteiger partial charge on any atom is -0.496 e. The standard InChI is InChI=1S/C11H11BrClNO/c1-15-11-3-2-10(12)5-9(11)4-8(6-13)7-14/h2-3,5,8H,4,6H2,1H3. The second kappa shape index (κ2) is 5.99. The largest absolute Gasteiger partial charge is 0.496 e. The number of hydrogen-bond acceptors (Lipinski definition) is 2. The zero-order valence-corrected chi connectivity index (χ0v) is 10.7. The number of ether oxygens (including phenoxy) is 1. The fourth-order valence-corrected chi connectivity index (χ4v) is 1.89. The number of nitriles is 1. The number of benzene rings is 1. The van der Waals surface area contributed by atoms with Gasteiger partial charge in [0.2, 0.25) is 0 Å². The number of methoxy groups -OCH3 is 1. The maximum Gasteiger partial charge on any atom is 0.122 e. The first-order valence-electron chi connectivity index (χ1n) is 4.49. The molecule has 0 aliphatic carbocycles. The molecular formula is C11H11BrClNO. The minimum atomic E-state index is -0.171. The van der Waals surface area contributed by atoms with E-state index in [0.717, 1.165) is 15.8 Å². The van der Waals surface area contributed by atoms with Crippen LogP contribution >= 0.6 is 27.5 Å². The van der Waals surface area contributed by atoms with Gasteiger partial charge in [-0.25, -0.2) is 0 Å². The van der Waals surface area contributed by atoms with E-state index in [0.29, 0.717) is 12.3 Å². The highest BCUT2D eigenvalue weighted by atomic mass is 79.9. The van der Waals surface area contributed by atoms with Gasteiger partial charge in [0.15, 0.2) is 0 Å². The van der Waals surface area contributed by atoms with Crippen LogP contribution in [0, 0.1) is 17.2 Å². The van der Waals surface area contributed by atoms with Crippen LogP contribution in [0.5, 0.6) is 5.75 Å². The Balaban J connectivity index is 2.92. The fraction of sp³-hybridized carbons (Fsp3) is 0.364. The molecule has 0 fully saturated rings. The first-order chi connectivity index (χ1) is 7.21. The summed E-state index contributed by atoms with van der Waals surface area (Å²) in [6.07, 6.45) is 0.614. The van der Waals surface area contributed by atoms with Gasteiger partial charge in [-0.15, -0.1) is 11.6 Å². The lowest BCUT2D eigenvalue weighted by Crippen LogP contribution is -2.04.